The monoisotopic (exact) mass is 534 g/mol. The van der Waals surface area contributed by atoms with Crippen LogP contribution in [0.2, 0.25) is 0 Å². The highest BCUT2D eigenvalue weighted by Crippen LogP contribution is 2.30. The molecule has 0 unspecified atom stereocenters. The predicted molar refractivity (Wildman–Crippen MR) is 93.4 cm³/mol. The Bertz CT molecular complexity index is 1080. The minimum absolute atomic E-state index is 0.0613. The van der Waals surface area contributed by atoms with Crippen molar-refractivity contribution in [1.29, 1.82) is 0 Å². The summed E-state index contributed by atoms with van der Waals surface area (Å²) >= 11 is 5.89. The highest BCUT2D eigenvalue weighted by Gasteiger charge is 2.24. The standard InChI is InChI=1S/C12H8Br2O8S3/c13-7-1-9(5-11(3-7)24(17,18)19)23(15,16)10-2-8(14)4-12(6-10)25(20,21)22/h1-6H,(H,17,18,19)(H,20,21,22). The molecule has 136 valence electrons. The lowest BCUT2D eigenvalue weighted by atomic mass is 10.4. The molecule has 2 aromatic rings. The predicted octanol–water partition coefficient (Wildman–Crippen LogP) is 2.54. The van der Waals surface area contributed by atoms with E-state index in [1.807, 2.05) is 0 Å². The molecule has 0 aliphatic heterocycles. The zero-order valence-corrected chi connectivity index (χ0v) is 17.4. The Kier molecular flexibility index (Phi) is 5.50. The average Bonchev–Trinajstić information content (AvgIpc) is 2.44. The molecular formula is C12H8Br2O8S3. The van der Waals surface area contributed by atoms with Crippen molar-refractivity contribution in [2.24, 2.45) is 0 Å². The van der Waals surface area contributed by atoms with Crippen molar-refractivity contribution in [2.45, 2.75) is 19.6 Å². The minimum atomic E-state index is -4.67. The summed E-state index contributed by atoms with van der Waals surface area (Å²) < 4.78 is 88.8. The summed E-state index contributed by atoms with van der Waals surface area (Å²) in [7, 11) is -13.7. The SMILES string of the molecule is O=S(=O)(O)c1cc(Br)cc(S(=O)(=O)c2cc(Br)cc(S(=O)(=O)O)c2)c1. The Hall–Kier alpha value is -0.830. The van der Waals surface area contributed by atoms with Crippen LogP contribution < -0.4 is 0 Å². The van der Waals surface area contributed by atoms with E-state index in [-0.39, 0.29) is 8.95 Å². The lowest BCUT2D eigenvalue weighted by molar-refractivity contribution is 0.480. The van der Waals surface area contributed by atoms with Gasteiger partial charge in [0.25, 0.3) is 20.2 Å². The number of hydrogen-bond acceptors (Lipinski definition) is 6. The fourth-order valence-electron chi connectivity index (χ4n) is 1.82. The molecule has 0 heterocycles. The van der Waals surface area contributed by atoms with Crippen molar-refractivity contribution in [3.05, 3.63) is 45.3 Å². The van der Waals surface area contributed by atoms with Gasteiger partial charge in [0.15, 0.2) is 0 Å². The number of rotatable bonds is 4. The second-order valence-electron chi connectivity index (χ2n) is 4.70. The Morgan fingerprint density at radius 3 is 1.12 bits per heavy atom. The van der Waals surface area contributed by atoms with Crippen molar-refractivity contribution in [3.8, 4) is 0 Å². The second kappa shape index (κ2) is 6.72. The highest BCUT2D eigenvalue weighted by molar-refractivity contribution is 9.10. The number of sulfone groups is 1. The van der Waals surface area contributed by atoms with Crippen LogP contribution in [0, 0.1) is 0 Å². The third-order valence-corrected chi connectivity index (χ3v) is 7.20. The Labute approximate surface area is 160 Å². The number of hydrogen-bond donors (Lipinski definition) is 2. The van der Waals surface area contributed by atoms with E-state index in [1.54, 1.807) is 0 Å². The molecule has 2 N–H and O–H groups in total. The first-order valence-corrected chi connectivity index (χ1v) is 12.0. The van der Waals surface area contributed by atoms with Gasteiger partial charge in [-0.1, -0.05) is 31.9 Å². The van der Waals surface area contributed by atoms with Gasteiger partial charge in [0.2, 0.25) is 9.84 Å². The summed E-state index contributed by atoms with van der Waals surface area (Å²) in [5.41, 5.74) is 0. The maximum Gasteiger partial charge on any atom is 0.294 e. The lowest BCUT2D eigenvalue weighted by Gasteiger charge is -2.09. The second-order valence-corrected chi connectivity index (χ2v) is 11.3. The van der Waals surface area contributed by atoms with E-state index in [2.05, 4.69) is 31.9 Å². The maximum atomic E-state index is 12.7. The van der Waals surface area contributed by atoms with E-state index in [4.69, 9.17) is 9.11 Å². The summed E-state index contributed by atoms with van der Waals surface area (Å²) in [6, 6.07) is 5.61. The van der Waals surface area contributed by atoms with Crippen molar-refractivity contribution in [1.82, 2.24) is 0 Å². The zero-order chi connectivity index (χ0) is 19.2. The quantitative estimate of drug-likeness (QED) is 0.568. The molecule has 0 atom stereocenters. The van der Waals surface area contributed by atoms with Crippen molar-refractivity contribution >= 4 is 61.9 Å². The van der Waals surface area contributed by atoms with Crippen molar-refractivity contribution < 1.29 is 34.4 Å². The minimum Gasteiger partial charge on any atom is -0.282 e. The maximum absolute atomic E-state index is 12.7. The molecule has 13 heteroatoms. The van der Waals surface area contributed by atoms with Gasteiger partial charge >= 0.3 is 0 Å². The van der Waals surface area contributed by atoms with E-state index < -0.39 is 49.7 Å². The fourth-order valence-corrected chi connectivity index (χ4v) is 6.06. The van der Waals surface area contributed by atoms with Gasteiger partial charge in [-0.25, -0.2) is 8.42 Å². The summed E-state index contributed by atoms with van der Waals surface area (Å²) in [6.45, 7) is 0. The van der Waals surface area contributed by atoms with E-state index in [9.17, 15) is 25.3 Å². The van der Waals surface area contributed by atoms with Gasteiger partial charge in [0.05, 0.1) is 19.6 Å². The molecule has 25 heavy (non-hydrogen) atoms. The van der Waals surface area contributed by atoms with Gasteiger partial charge in [-0.15, -0.1) is 0 Å². The van der Waals surface area contributed by atoms with Crippen LogP contribution in [-0.2, 0) is 30.1 Å². The van der Waals surface area contributed by atoms with Crippen LogP contribution in [0.25, 0.3) is 0 Å². The average molecular weight is 536 g/mol. The smallest absolute Gasteiger partial charge is 0.282 e. The molecule has 0 aromatic heterocycles. The van der Waals surface area contributed by atoms with Gasteiger partial charge in [-0.05, 0) is 36.4 Å². The molecule has 0 spiro atoms. The molecule has 0 aliphatic rings. The molecule has 0 fully saturated rings. The van der Waals surface area contributed by atoms with Crippen molar-refractivity contribution in [3.63, 3.8) is 0 Å². The van der Waals surface area contributed by atoms with Gasteiger partial charge in [-0.2, -0.15) is 16.8 Å². The molecule has 0 aliphatic carbocycles. The Balaban J connectivity index is 2.77. The third kappa shape index (κ3) is 4.67. The first-order valence-electron chi connectivity index (χ1n) is 6.02. The first kappa shape index (κ1) is 20.5. The normalized spacial score (nSPS) is 13.0. The van der Waals surface area contributed by atoms with Crippen LogP contribution in [0.4, 0.5) is 0 Å². The van der Waals surface area contributed by atoms with E-state index >= 15 is 0 Å². The van der Waals surface area contributed by atoms with Crippen molar-refractivity contribution in [2.75, 3.05) is 0 Å². The highest BCUT2D eigenvalue weighted by atomic mass is 79.9. The first-order chi connectivity index (χ1) is 11.2. The summed E-state index contributed by atoms with van der Waals surface area (Å²) in [5, 5.41) is 0. The van der Waals surface area contributed by atoms with Gasteiger partial charge < -0.3 is 0 Å². The molecule has 2 rings (SSSR count). The van der Waals surface area contributed by atoms with Gasteiger partial charge in [0, 0.05) is 8.95 Å². The lowest BCUT2D eigenvalue weighted by Crippen LogP contribution is -2.07. The van der Waals surface area contributed by atoms with Gasteiger partial charge in [-0.3, -0.25) is 9.11 Å². The van der Waals surface area contributed by atoms with Crippen LogP contribution in [0.5, 0.6) is 0 Å². The van der Waals surface area contributed by atoms with Crippen LogP contribution in [0.1, 0.15) is 0 Å². The van der Waals surface area contributed by atoms with Crippen LogP contribution >= 0.6 is 31.9 Å². The van der Waals surface area contributed by atoms with Crippen LogP contribution in [-0.4, -0.2) is 34.4 Å². The molecule has 0 saturated heterocycles. The fraction of sp³-hybridized carbons (Fsp3) is 0. The summed E-state index contributed by atoms with van der Waals surface area (Å²) in [6.07, 6.45) is 0. The Morgan fingerprint density at radius 2 is 0.840 bits per heavy atom. The number of benzene rings is 2. The number of halogens is 2. The summed E-state index contributed by atoms with van der Waals surface area (Å²) in [5.74, 6) is 0. The molecule has 2 aromatic carbocycles. The van der Waals surface area contributed by atoms with Crippen LogP contribution in [0.15, 0.2) is 64.9 Å². The molecule has 0 bridgehead atoms. The molecular weight excluding hydrogens is 528 g/mol. The van der Waals surface area contributed by atoms with Gasteiger partial charge in [0.1, 0.15) is 0 Å². The molecule has 0 saturated carbocycles. The zero-order valence-electron chi connectivity index (χ0n) is 11.8. The van der Waals surface area contributed by atoms with E-state index in [0.717, 1.165) is 36.4 Å². The van der Waals surface area contributed by atoms with Crippen LogP contribution in [0.3, 0.4) is 0 Å². The largest absolute Gasteiger partial charge is 0.294 e. The summed E-state index contributed by atoms with van der Waals surface area (Å²) in [4.78, 5) is -2.33. The molecule has 0 radical (unpaired) electrons. The molecule has 0 amide bonds. The third-order valence-electron chi connectivity index (χ3n) is 2.91. The van der Waals surface area contributed by atoms with E-state index in [0.29, 0.717) is 0 Å². The Morgan fingerprint density at radius 1 is 0.560 bits per heavy atom. The van der Waals surface area contributed by atoms with E-state index in [1.165, 1.54) is 0 Å². The molecule has 8 nitrogen and oxygen atoms in total. The topological polar surface area (TPSA) is 143 Å².